The Kier molecular flexibility index (Phi) is 4.66. The molecule has 2 N–H and O–H groups in total. The topological polar surface area (TPSA) is 38.5 Å². The van der Waals surface area contributed by atoms with E-state index in [1.165, 1.54) is 25.9 Å². The first-order valence-corrected chi connectivity index (χ1v) is 6.51. The van der Waals surface area contributed by atoms with Crippen LogP contribution in [0.2, 0.25) is 5.02 Å². The second-order valence-electron chi connectivity index (χ2n) is 4.37. The minimum absolute atomic E-state index is 0.508. The Labute approximate surface area is 107 Å². The van der Waals surface area contributed by atoms with Gasteiger partial charge in [-0.3, -0.25) is 4.90 Å². The molecule has 0 bridgehead atoms. The predicted octanol–water partition coefficient (Wildman–Crippen LogP) is 2.27. The molecule has 2 rings (SSSR count). The van der Waals surface area contributed by atoms with Gasteiger partial charge in [0.05, 0.1) is 5.02 Å². The van der Waals surface area contributed by atoms with Gasteiger partial charge in [-0.05, 0) is 43.6 Å². The summed E-state index contributed by atoms with van der Waals surface area (Å²) in [6.07, 6.45) is 2.62. The molecule has 0 radical (unpaired) electrons. The van der Waals surface area contributed by atoms with Gasteiger partial charge in [-0.15, -0.1) is 0 Å². The van der Waals surface area contributed by atoms with E-state index in [-0.39, 0.29) is 0 Å². The van der Waals surface area contributed by atoms with Crippen molar-refractivity contribution in [3.8, 4) is 5.75 Å². The Morgan fingerprint density at radius 1 is 1.29 bits per heavy atom. The maximum atomic E-state index is 6.11. The molecule has 4 heteroatoms. The fourth-order valence-corrected chi connectivity index (χ4v) is 2.34. The van der Waals surface area contributed by atoms with E-state index < -0.39 is 0 Å². The van der Waals surface area contributed by atoms with E-state index in [2.05, 4.69) is 4.90 Å². The highest BCUT2D eigenvalue weighted by atomic mass is 35.5. The zero-order valence-electron chi connectivity index (χ0n) is 9.99. The zero-order valence-corrected chi connectivity index (χ0v) is 10.7. The lowest BCUT2D eigenvalue weighted by Crippen LogP contribution is -2.25. The van der Waals surface area contributed by atoms with Crippen molar-refractivity contribution in [2.75, 3.05) is 26.2 Å². The summed E-state index contributed by atoms with van der Waals surface area (Å²) in [5.41, 5.74) is 6.58. The predicted molar refractivity (Wildman–Crippen MR) is 70.5 cm³/mol. The Balaban J connectivity index is 1.81. The standard InChI is InChI=1S/C13H19ClN2O/c14-12-9-11(10-15)3-4-13(12)17-8-7-16-5-1-2-6-16/h3-4,9H,1-2,5-8,10,15H2. The summed E-state index contributed by atoms with van der Waals surface area (Å²) < 4.78 is 5.68. The summed E-state index contributed by atoms with van der Waals surface area (Å²) in [5.74, 6) is 0.753. The Bertz CT molecular complexity index is 364. The number of ether oxygens (including phenoxy) is 1. The van der Waals surface area contributed by atoms with Gasteiger partial charge in [-0.25, -0.2) is 0 Å². The molecule has 1 aromatic rings. The monoisotopic (exact) mass is 254 g/mol. The van der Waals surface area contributed by atoms with Crippen LogP contribution in [0.25, 0.3) is 0 Å². The zero-order chi connectivity index (χ0) is 12.1. The largest absolute Gasteiger partial charge is 0.491 e. The summed E-state index contributed by atoms with van der Waals surface area (Å²) in [6.45, 7) is 4.58. The first-order chi connectivity index (χ1) is 8.29. The lowest BCUT2D eigenvalue weighted by molar-refractivity contribution is 0.238. The van der Waals surface area contributed by atoms with Crippen LogP contribution in [0.3, 0.4) is 0 Å². The highest BCUT2D eigenvalue weighted by molar-refractivity contribution is 6.32. The first-order valence-electron chi connectivity index (χ1n) is 6.13. The van der Waals surface area contributed by atoms with Gasteiger partial charge in [-0.1, -0.05) is 17.7 Å². The number of likely N-dealkylation sites (tertiary alicyclic amines) is 1. The Hall–Kier alpha value is -0.770. The number of benzene rings is 1. The molecule has 0 aliphatic carbocycles. The van der Waals surface area contributed by atoms with Gasteiger partial charge in [0.25, 0.3) is 0 Å². The van der Waals surface area contributed by atoms with Crippen LogP contribution in [0, 0.1) is 0 Å². The van der Waals surface area contributed by atoms with Crippen LogP contribution in [0.4, 0.5) is 0 Å². The second-order valence-corrected chi connectivity index (χ2v) is 4.77. The fraction of sp³-hybridized carbons (Fsp3) is 0.538. The van der Waals surface area contributed by atoms with Gasteiger partial charge in [0.2, 0.25) is 0 Å². The molecule has 17 heavy (non-hydrogen) atoms. The smallest absolute Gasteiger partial charge is 0.137 e. The molecule has 0 unspecified atom stereocenters. The van der Waals surface area contributed by atoms with E-state index in [9.17, 15) is 0 Å². The summed E-state index contributed by atoms with van der Waals surface area (Å²) in [6, 6.07) is 5.72. The van der Waals surface area contributed by atoms with Crippen molar-refractivity contribution in [3.05, 3.63) is 28.8 Å². The number of hydrogen-bond acceptors (Lipinski definition) is 3. The van der Waals surface area contributed by atoms with Crippen molar-refractivity contribution in [3.63, 3.8) is 0 Å². The molecule has 0 amide bonds. The normalized spacial score (nSPS) is 16.4. The van der Waals surface area contributed by atoms with Gasteiger partial charge >= 0.3 is 0 Å². The van der Waals surface area contributed by atoms with Crippen LogP contribution in [-0.2, 0) is 6.54 Å². The van der Waals surface area contributed by atoms with Crippen molar-refractivity contribution in [2.45, 2.75) is 19.4 Å². The molecule has 0 aromatic heterocycles. The van der Waals surface area contributed by atoms with Crippen LogP contribution in [-0.4, -0.2) is 31.1 Å². The molecule has 0 atom stereocenters. The van der Waals surface area contributed by atoms with Gasteiger partial charge < -0.3 is 10.5 Å². The lowest BCUT2D eigenvalue weighted by Gasteiger charge is -2.15. The molecule has 1 fully saturated rings. The SMILES string of the molecule is NCc1ccc(OCCN2CCCC2)c(Cl)c1. The van der Waals surface area contributed by atoms with E-state index in [1.807, 2.05) is 18.2 Å². The van der Waals surface area contributed by atoms with Crippen LogP contribution >= 0.6 is 11.6 Å². The second kappa shape index (κ2) is 6.24. The molecule has 0 spiro atoms. The lowest BCUT2D eigenvalue weighted by atomic mass is 10.2. The molecule has 1 aromatic carbocycles. The molecule has 1 aliphatic rings. The van der Waals surface area contributed by atoms with Crippen molar-refractivity contribution in [2.24, 2.45) is 5.73 Å². The van der Waals surface area contributed by atoms with Crippen molar-refractivity contribution in [1.82, 2.24) is 4.90 Å². The minimum atomic E-state index is 0.508. The van der Waals surface area contributed by atoms with E-state index in [4.69, 9.17) is 22.1 Å². The number of nitrogens with zero attached hydrogens (tertiary/aromatic N) is 1. The molecule has 3 nitrogen and oxygen atoms in total. The van der Waals surface area contributed by atoms with E-state index >= 15 is 0 Å². The van der Waals surface area contributed by atoms with Crippen LogP contribution < -0.4 is 10.5 Å². The maximum Gasteiger partial charge on any atom is 0.137 e. The molecule has 94 valence electrons. The summed E-state index contributed by atoms with van der Waals surface area (Å²) in [7, 11) is 0. The van der Waals surface area contributed by atoms with Crippen LogP contribution in [0.1, 0.15) is 18.4 Å². The number of hydrogen-bond donors (Lipinski definition) is 1. The summed E-state index contributed by atoms with van der Waals surface area (Å²) in [4.78, 5) is 2.42. The average Bonchev–Trinajstić information content (AvgIpc) is 2.84. The Morgan fingerprint density at radius 2 is 2.06 bits per heavy atom. The van der Waals surface area contributed by atoms with Gasteiger partial charge in [0, 0.05) is 13.1 Å². The van der Waals surface area contributed by atoms with E-state index in [0.717, 1.165) is 17.9 Å². The highest BCUT2D eigenvalue weighted by Gasteiger charge is 2.11. The van der Waals surface area contributed by atoms with Gasteiger partial charge in [0.15, 0.2) is 0 Å². The van der Waals surface area contributed by atoms with E-state index in [0.29, 0.717) is 18.2 Å². The minimum Gasteiger partial charge on any atom is -0.491 e. The van der Waals surface area contributed by atoms with Crippen molar-refractivity contribution < 1.29 is 4.74 Å². The molecule has 0 saturated carbocycles. The Morgan fingerprint density at radius 3 is 2.71 bits per heavy atom. The fourth-order valence-electron chi connectivity index (χ4n) is 2.08. The molecular weight excluding hydrogens is 236 g/mol. The quantitative estimate of drug-likeness (QED) is 0.876. The van der Waals surface area contributed by atoms with Gasteiger partial charge in [-0.2, -0.15) is 0 Å². The first kappa shape index (κ1) is 12.7. The van der Waals surface area contributed by atoms with Crippen LogP contribution in [0.15, 0.2) is 18.2 Å². The third-order valence-corrected chi connectivity index (χ3v) is 3.39. The summed E-state index contributed by atoms with van der Waals surface area (Å²) in [5, 5.41) is 0.648. The van der Waals surface area contributed by atoms with Gasteiger partial charge in [0.1, 0.15) is 12.4 Å². The number of halogens is 1. The average molecular weight is 255 g/mol. The molecule has 1 saturated heterocycles. The maximum absolute atomic E-state index is 6.11. The highest BCUT2D eigenvalue weighted by Crippen LogP contribution is 2.25. The number of rotatable bonds is 5. The van der Waals surface area contributed by atoms with Crippen molar-refractivity contribution in [1.29, 1.82) is 0 Å². The molecular formula is C13H19ClN2O. The summed E-state index contributed by atoms with van der Waals surface area (Å²) >= 11 is 6.11. The van der Waals surface area contributed by atoms with E-state index in [1.54, 1.807) is 0 Å². The number of nitrogens with two attached hydrogens (primary N) is 1. The third kappa shape index (κ3) is 3.60. The molecule has 1 aliphatic heterocycles. The van der Waals surface area contributed by atoms with Crippen molar-refractivity contribution >= 4 is 11.6 Å². The third-order valence-electron chi connectivity index (χ3n) is 3.10. The van der Waals surface area contributed by atoms with Crippen LogP contribution in [0.5, 0.6) is 5.75 Å². The molecule has 1 heterocycles.